The van der Waals surface area contributed by atoms with Gasteiger partial charge in [0.15, 0.2) is 6.10 Å². The number of carboxylic acid groups (broad SMARTS) is 1. The predicted molar refractivity (Wildman–Crippen MR) is 354 cm³/mol. The molecule has 0 aromatic rings. The summed E-state index contributed by atoms with van der Waals surface area (Å²) in [6.07, 6.45) is 87.8. The Labute approximate surface area is 510 Å². The number of nitrogens with zero attached hydrogens (tertiary/aromatic N) is 1. The number of esters is 2. The zero-order valence-corrected chi connectivity index (χ0v) is 54.1. The topological polar surface area (TPSA) is 108 Å². The van der Waals surface area contributed by atoms with Crippen LogP contribution in [-0.4, -0.2) is 87.4 Å². The minimum Gasteiger partial charge on any atom is -0.477 e. The van der Waals surface area contributed by atoms with Crippen molar-refractivity contribution in [3.8, 4) is 0 Å². The molecule has 1 N–H and O–H groups in total. The molecular weight excluding hydrogens is 1030 g/mol. The van der Waals surface area contributed by atoms with E-state index in [2.05, 4.69) is 123 Å². The monoisotopic (exact) mass is 1160 g/mol. The van der Waals surface area contributed by atoms with Gasteiger partial charge in [-0.25, -0.2) is 4.79 Å². The van der Waals surface area contributed by atoms with Gasteiger partial charge in [-0.2, -0.15) is 0 Å². The Morgan fingerprint density at radius 2 is 0.675 bits per heavy atom. The molecule has 0 radical (unpaired) electrons. The van der Waals surface area contributed by atoms with Crippen LogP contribution in [-0.2, 0) is 33.3 Å². The van der Waals surface area contributed by atoms with Gasteiger partial charge < -0.3 is 28.5 Å². The fourth-order valence-electron chi connectivity index (χ4n) is 9.15. The summed E-state index contributed by atoms with van der Waals surface area (Å²) >= 11 is 0. The lowest BCUT2D eigenvalue weighted by Crippen LogP contribution is -2.40. The highest BCUT2D eigenvalue weighted by Crippen LogP contribution is 2.17. The summed E-state index contributed by atoms with van der Waals surface area (Å²) < 4.78 is 22.8. The first kappa shape index (κ1) is 78.7. The van der Waals surface area contributed by atoms with E-state index in [1.165, 1.54) is 154 Å². The van der Waals surface area contributed by atoms with Crippen LogP contribution in [0.5, 0.6) is 0 Å². The fourth-order valence-corrected chi connectivity index (χ4v) is 9.15. The molecule has 0 saturated heterocycles. The number of carbonyl (C=O) groups is 3. The van der Waals surface area contributed by atoms with E-state index >= 15 is 0 Å². The third-order valence-electron chi connectivity index (χ3n) is 14.2. The number of unbranched alkanes of at least 4 members (excludes halogenated alkanes) is 26. The summed E-state index contributed by atoms with van der Waals surface area (Å²) in [5.41, 5.74) is 0. The maximum atomic E-state index is 12.8. The summed E-state index contributed by atoms with van der Waals surface area (Å²) in [5, 5.41) is 9.71. The highest BCUT2D eigenvalue weighted by atomic mass is 16.7. The molecule has 0 fully saturated rings. The van der Waals surface area contributed by atoms with Crippen molar-refractivity contribution < 1.29 is 42.9 Å². The zero-order valence-electron chi connectivity index (χ0n) is 54.1. The average molecular weight is 1160 g/mol. The minimum absolute atomic E-state index is 0.131. The number of carboxylic acids is 1. The number of quaternary nitrogens is 1. The molecule has 2 atom stereocenters. The highest BCUT2D eigenvalue weighted by Gasteiger charge is 2.25. The number of aliphatic carboxylic acids is 1. The van der Waals surface area contributed by atoms with Gasteiger partial charge in [-0.3, -0.25) is 9.59 Å². The van der Waals surface area contributed by atoms with Crippen LogP contribution in [0.3, 0.4) is 0 Å². The number of rotatable bonds is 61. The molecule has 9 nitrogen and oxygen atoms in total. The zero-order chi connectivity index (χ0) is 60.5. The molecule has 0 amide bonds. The molecule has 0 aliphatic heterocycles. The Morgan fingerprint density at radius 1 is 0.361 bits per heavy atom. The molecule has 0 aliphatic carbocycles. The van der Waals surface area contributed by atoms with Gasteiger partial charge in [0.25, 0.3) is 6.29 Å². The van der Waals surface area contributed by atoms with Crippen molar-refractivity contribution in [1.29, 1.82) is 0 Å². The molecule has 0 rings (SSSR count). The molecule has 0 aromatic carbocycles. The maximum absolute atomic E-state index is 12.8. The fraction of sp³-hybridized carbons (Fsp3) is 0.689. The Morgan fingerprint density at radius 3 is 1.01 bits per heavy atom. The maximum Gasteiger partial charge on any atom is 0.361 e. The van der Waals surface area contributed by atoms with Crippen molar-refractivity contribution in [2.75, 3.05) is 47.5 Å². The number of likely N-dealkylation sites (N-methyl/N-ethyl adjacent to an activating group) is 1. The summed E-state index contributed by atoms with van der Waals surface area (Å²) in [5.74, 6) is -2.12. The summed E-state index contributed by atoms with van der Waals surface area (Å²) in [6.45, 7) is 4.57. The van der Waals surface area contributed by atoms with E-state index in [1.54, 1.807) is 0 Å². The first-order valence-corrected chi connectivity index (χ1v) is 33.7. The van der Waals surface area contributed by atoms with Gasteiger partial charge >= 0.3 is 17.9 Å². The molecule has 0 spiro atoms. The third kappa shape index (κ3) is 65.1. The van der Waals surface area contributed by atoms with Crippen LogP contribution >= 0.6 is 0 Å². The Kier molecular flexibility index (Phi) is 60.4. The van der Waals surface area contributed by atoms with Crippen LogP contribution in [0.15, 0.2) is 122 Å². The number of allylic oxidation sites excluding steroid dienone is 20. The first-order chi connectivity index (χ1) is 40.6. The Bertz CT molecular complexity index is 1780. The lowest BCUT2D eigenvalue weighted by molar-refractivity contribution is -0.870. The molecular formula is C74H126NO8+. The molecule has 0 saturated carbocycles. The van der Waals surface area contributed by atoms with Crippen molar-refractivity contribution in [1.82, 2.24) is 0 Å². The second kappa shape index (κ2) is 63.7. The van der Waals surface area contributed by atoms with Gasteiger partial charge in [-0.1, -0.05) is 289 Å². The molecule has 0 bridgehead atoms. The normalized spacial score (nSPS) is 13.5. The quantitative estimate of drug-likeness (QED) is 0.0211. The second-order valence-electron chi connectivity index (χ2n) is 23.4. The van der Waals surface area contributed by atoms with Gasteiger partial charge in [-0.15, -0.1) is 0 Å². The van der Waals surface area contributed by atoms with E-state index in [4.69, 9.17) is 18.9 Å². The van der Waals surface area contributed by atoms with Gasteiger partial charge in [0, 0.05) is 12.8 Å². The van der Waals surface area contributed by atoms with Crippen molar-refractivity contribution in [3.63, 3.8) is 0 Å². The van der Waals surface area contributed by atoms with Gasteiger partial charge in [0.05, 0.1) is 34.4 Å². The third-order valence-corrected chi connectivity index (χ3v) is 14.2. The van der Waals surface area contributed by atoms with E-state index in [9.17, 15) is 19.5 Å². The van der Waals surface area contributed by atoms with E-state index < -0.39 is 24.3 Å². The lowest BCUT2D eigenvalue weighted by atomic mass is 10.0. The van der Waals surface area contributed by atoms with Crippen molar-refractivity contribution in [2.24, 2.45) is 0 Å². The standard InChI is InChI=1S/C74H125NO8/c1-6-8-10-12-14-16-18-20-22-24-26-27-28-29-30-31-32-33-34-35-36-37-38-39-40-41-42-43-44-45-47-48-50-52-54-56-58-60-62-64-71(76)81-68-70(69-82-74(73(78)79)80-67-66-75(3,4)5)83-72(77)65-63-61-59-57-55-53-51-49-46-25-23-21-19-17-15-13-11-9-7-2/h8-11,14-17,20-23,26-27,46,49,53,55,59,61,70,74H,6-7,12-13,18-19,24-25,28-45,47-48,50-52,54,56-58,60,62-69H2,1-5H3/p+1/b10-8-,11-9-,16-14-,17-15-,22-20-,23-21-,27-26-,49-46-,55-53-,61-59-. The predicted octanol–water partition coefficient (Wildman–Crippen LogP) is 20.8. The average Bonchev–Trinajstić information content (AvgIpc) is 3.46. The van der Waals surface area contributed by atoms with Gasteiger partial charge in [0.2, 0.25) is 0 Å². The van der Waals surface area contributed by atoms with Crippen LogP contribution in [0.4, 0.5) is 0 Å². The van der Waals surface area contributed by atoms with E-state index in [-0.39, 0.29) is 38.6 Å². The minimum atomic E-state index is -1.54. The van der Waals surface area contributed by atoms with Crippen LogP contribution in [0, 0.1) is 0 Å². The number of carbonyl (C=O) groups excluding carboxylic acids is 2. The molecule has 9 heteroatoms. The van der Waals surface area contributed by atoms with Crippen molar-refractivity contribution >= 4 is 17.9 Å². The summed E-state index contributed by atoms with van der Waals surface area (Å²) in [6, 6.07) is 0. The van der Waals surface area contributed by atoms with Crippen molar-refractivity contribution in [3.05, 3.63) is 122 Å². The van der Waals surface area contributed by atoms with Gasteiger partial charge in [0.1, 0.15) is 13.2 Å². The largest absolute Gasteiger partial charge is 0.477 e. The van der Waals surface area contributed by atoms with Crippen LogP contribution in [0.1, 0.15) is 271 Å². The van der Waals surface area contributed by atoms with Crippen molar-refractivity contribution in [2.45, 2.75) is 283 Å². The first-order valence-electron chi connectivity index (χ1n) is 33.7. The molecule has 0 aromatic heterocycles. The summed E-state index contributed by atoms with van der Waals surface area (Å²) in [4.78, 5) is 37.5. The number of hydrogen-bond acceptors (Lipinski definition) is 7. The molecule has 0 heterocycles. The van der Waals surface area contributed by atoms with E-state index in [0.29, 0.717) is 17.4 Å². The van der Waals surface area contributed by atoms with E-state index in [1.807, 2.05) is 33.3 Å². The van der Waals surface area contributed by atoms with Crippen LogP contribution in [0.25, 0.3) is 0 Å². The lowest BCUT2D eigenvalue weighted by Gasteiger charge is -2.25. The van der Waals surface area contributed by atoms with E-state index in [0.717, 1.165) is 83.5 Å². The summed E-state index contributed by atoms with van der Waals surface area (Å²) in [7, 11) is 5.94. The van der Waals surface area contributed by atoms with Gasteiger partial charge in [-0.05, 0) is 89.9 Å². The number of hydrogen-bond donors (Lipinski definition) is 1. The molecule has 0 aliphatic rings. The smallest absolute Gasteiger partial charge is 0.361 e. The molecule has 2 unspecified atom stereocenters. The Hall–Kier alpha value is -4.31. The molecule has 474 valence electrons. The number of ether oxygens (including phenoxy) is 4. The second-order valence-corrected chi connectivity index (χ2v) is 23.4. The Balaban J connectivity index is 4.05. The molecule has 83 heavy (non-hydrogen) atoms. The van der Waals surface area contributed by atoms with Crippen LogP contribution in [0.2, 0.25) is 0 Å². The highest BCUT2D eigenvalue weighted by molar-refractivity contribution is 5.71. The van der Waals surface area contributed by atoms with Crippen LogP contribution < -0.4 is 0 Å². The SMILES string of the molecule is CC/C=C\C/C=C\C/C=C\C/C=C\C/C=C\C/C=C\CCC(=O)OC(COC(=O)CCCCCCCCCCCCCCCCCCCCCCCCCCCC/C=C\C/C=C\C/C=C\C/C=C\CC)COC(OCC[N+](C)(C)C)C(=O)O.